The first kappa shape index (κ1) is 15.6. The van der Waals surface area contributed by atoms with Gasteiger partial charge in [-0.25, -0.2) is 9.50 Å². The Morgan fingerprint density at radius 2 is 2.12 bits per heavy atom. The second-order valence-corrected chi connectivity index (χ2v) is 6.60. The molecular formula is C17H20N6O2. The summed E-state index contributed by atoms with van der Waals surface area (Å²) in [5.41, 5.74) is 3.30. The first-order valence-electron chi connectivity index (χ1n) is 8.34. The van der Waals surface area contributed by atoms with Crippen molar-refractivity contribution in [3.05, 3.63) is 51.3 Å². The molecule has 25 heavy (non-hydrogen) atoms. The van der Waals surface area contributed by atoms with Crippen LogP contribution in [0.4, 0.5) is 0 Å². The third-order valence-corrected chi connectivity index (χ3v) is 4.71. The Labute approximate surface area is 144 Å². The van der Waals surface area contributed by atoms with E-state index < -0.39 is 0 Å². The predicted molar refractivity (Wildman–Crippen MR) is 91.5 cm³/mol. The summed E-state index contributed by atoms with van der Waals surface area (Å²) in [6.07, 6.45) is 3.53. The molecule has 130 valence electrons. The highest BCUT2D eigenvalue weighted by Gasteiger charge is 2.33. The quantitative estimate of drug-likeness (QED) is 0.763. The minimum Gasteiger partial charge on any atom is -0.330 e. The number of fused-ring (bicyclic) bond motifs is 1. The number of hydrogen-bond donors (Lipinski definition) is 1. The Balaban J connectivity index is 1.72. The number of carbonyl (C=O) groups excluding carboxylic acids is 1. The Kier molecular flexibility index (Phi) is 3.48. The van der Waals surface area contributed by atoms with Crippen molar-refractivity contribution in [2.45, 2.75) is 32.7 Å². The van der Waals surface area contributed by atoms with Gasteiger partial charge in [0.05, 0.1) is 23.0 Å². The molecule has 0 saturated carbocycles. The zero-order valence-electron chi connectivity index (χ0n) is 14.5. The minimum absolute atomic E-state index is 0.0248. The molecule has 1 N–H and O–H groups in total. The van der Waals surface area contributed by atoms with Crippen LogP contribution >= 0.6 is 0 Å². The van der Waals surface area contributed by atoms with Gasteiger partial charge in [0.1, 0.15) is 0 Å². The van der Waals surface area contributed by atoms with Crippen LogP contribution in [0.15, 0.2) is 23.1 Å². The van der Waals surface area contributed by atoms with Crippen molar-refractivity contribution in [1.82, 2.24) is 29.3 Å². The van der Waals surface area contributed by atoms with Crippen molar-refractivity contribution < 1.29 is 4.79 Å². The SMILES string of the molecule is Cc1cc(=O)n2[nH]c([C@H]3CCCN3C(=O)c3cn(C)nc3C)cc2n1. The zero-order chi connectivity index (χ0) is 17.7. The van der Waals surface area contributed by atoms with Crippen LogP contribution in [-0.4, -0.2) is 41.7 Å². The summed E-state index contributed by atoms with van der Waals surface area (Å²) < 4.78 is 3.08. The number of aromatic amines is 1. The summed E-state index contributed by atoms with van der Waals surface area (Å²) in [7, 11) is 1.81. The van der Waals surface area contributed by atoms with Gasteiger partial charge in [0.2, 0.25) is 0 Å². The van der Waals surface area contributed by atoms with Gasteiger partial charge >= 0.3 is 0 Å². The number of aromatic nitrogens is 5. The molecule has 1 atom stereocenters. The molecule has 0 spiro atoms. The first-order valence-corrected chi connectivity index (χ1v) is 8.34. The zero-order valence-corrected chi connectivity index (χ0v) is 14.5. The number of likely N-dealkylation sites (tertiary alicyclic amines) is 1. The molecule has 3 aromatic rings. The van der Waals surface area contributed by atoms with Crippen LogP contribution in [0, 0.1) is 13.8 Å². The average Bonchev–Trinajstić information content (AvgIpc) is 3.23. The van der Waals surface area contributed by atoms with Crippen LogP contribution in [0.1, 0.15) is 46.3 Å². The Bertz CT molecular complexity index is 1030. The van der Waals surface area contributed by atoms with Crippen LogP contribution in [0.3, 0.4) is 0 Å². The summed E-state index contributed by atoms with van der Waals surface area (Å²) in [5.74, 6) is -0.0248. The van der Waals surface area contributed by atoms with Crippen molar-refractivity contribution in [3.63, 3.8) is 0 Å². The molecule has 4 heterocycles. The fourth-order valence-electron chi connectivity index (χ4n) is 3.60. The first-order chi connectivity index (χ1) is 11.9. The fraction of sp³-hybridized carbons (Fsp3) is 0.412. The van der Waals surface area contributed by atoms with Crippen LogP contribution in [0.5, 0.6) is 0 Å². The number of hydrogen-bond acceptors (Lipinski definition) is 4. The Morgan fingerprint density at radius 3 is 2.84 bits per heavy atom. The maximum Gasteiger partial charge on any atom is 0.272 e. The highest BCUT2D eigenvalue weighted by molar-refractivity contribution is 5.95. The van der Waals surface area contributed by atoms with Crippen LogP contribution in [-0.2, 0) is 7.05 Å². The van der Waals surface area contributed by atoms with Gasteiger partial charge in [-0.3, -0.25) is 19.4 Å². The highest BCUT2D eigenvalue weighted by Crippen LogP contribution is 2.32. The fourth-order valence-corrected chi connectivity index (χ4v) is 3.60. The molecule has 0 unspecified atom stereocenters. The summed E-state index contributed by atoms with van der Waals surface area (Å²) in [6.45, 7) is 4.33. The van der Waals surface area contributed by atoms with E-state index in [1.54, 1.807) is 17.8 Å². The van der Waals surface area contributed by atoms with E-state index in [2.05, 4.69) is 15.2 Å². The maximum absolute atomic E-state index is 13.0. The largest absolute Gasteiger partial charge is 0.330 e. The van der Waals surface area contributed by atoms with Crippen molar-refractivity contribution in [1.29, 1.82) is 0 Å². The maximum atomic E-state index is 13.0. The monoisotopic (exact) mass is 340 g/mol. The number of amides is 1. The van der Waals surface area contributed by atoms with E-state index in [9.17, 15) is 9.59 Å². The molecule has 0 bridgehead atoms. The molecule has 1 fully saturated rings. The Morgan fingerprint density at radius 1 is 1.32 bits per heavy atom. The standard InChI is InChI=1S/C17H20N6O2/c1-10-7-16(24)23-15(18-10)8-13(20-23)14-5-4-6-22(14)17(25)12-9-21(3)19-11(12)2/h7-9,14,20H,4-6H2,1-3H3/t14-/m1/s1. The van der Waals surface area contributed by atoms with Crippen LogP contribution in [0.25, 0.3) is 5.65 Å². The number of rotatable bonds is 2. The molecule has 0 aromatic carbocycles. The van der Waals surface area contributed by atoms with E-state index in [-0.39, 0.29) is 17.5 Å². The van der Waals surface area contributed by atoms with E-state index in [0.29, 0.717) is 23.4 Å². The van der Waals surface area contributed by atoms with Crippen molar-refractivity contribution >= 4 is 11.6 Å². The van der Waals surface area contributed by atoms with Gasteiger partial charge in [-0.05, 0) is 26.7 Å². The Hall–Kier alpha value is -2.90. The van der Waals surface area contributed by atoms with Gasteiger partial charge in [-0.2, -0.15) is 5.10 Å². The number of nitrogens with one attached hydrogen (secondary N) is 1. The van der Waals surface area contributed by atoms with Gasteiger partial charge in [0.15, 0.2) is 5.65 Å². The molecule has 4 rings (SSSR count). The molecular weight excluding hydrogens is 320 g/mol. The lowest BCUT2D eigenvalue weighted by atomic mass is 10.1. The van der Waals surface area contributed by atoms with Crippen LogP contribution < -0.4 is 5.56 Å². The normalized spacial score (nSPS) is 17.6. The lowest BCUT2D eigenvalue weighted by Gasteiger charge is -2.23. The minimum atomic E-state index is -0.146. The molecule has 1 saturated heterocycles. The molecule has 8 nitrogen and oxygen atoms in total. The molecule has 0 radical (unpaired) electrons. The number of aryl methyl sites for hydroxylation is 3. The van der Waals surface area contributed by atoms with Crippen LogP contribution in [0.2, 0.25) is 0 Å². The van der Waals surface area contributed by atoms with Crippen molar-refractivity contribution in [2.75, 3.05) is 6.54 Å². The second-order valence-electron chi connectivity index (χ2n) is 6.60. The lowest BCUT2D eigenvalue weighted by molar-refractivity contribution is 0.0732. The summed E-state index contributed by atoms with van der Waals surface area (Å²) in [6, 6.07) is 3.26. The van der Waals surface area contributed by atoms with E-state index >= 15 is 0 Å². The van der Waals surface area contributed by atoms with E-state index in [0.717, 1.165) is 24.2 Å². The van der Waals surface area contributed by atoms with Crippen molar-refractivity contribution in [2.24, 2.45) is 7.05 Å². The van der Waals surface area contributed by atoms with Gasteiger partial charge in [-0.1, -0.05) is 0 Å². The number of nitrogens with zero attached hydrogens (tertiary/aromatic N) is 5. The third-order valence-electron chi connectivity index (χ3n) is 4.71. The predicted octanol–water partition coefficient (Wildman–Crippen LogP) is 1.35. The van der Waals surface area contributed by atoms with Crippen molar-refractivity contribution in [3.8, 4) is 0 Å². The number of H-pyrrole nitrogens is 1. The molecule has 8 heteroatoms. The smallest absolute Gasteiger partial charge is 0.272 e. The summed E-state index contributed by atoms with van der Waals surface area (Å²) >= 11 is 0. The topological polar surface area (TPSA) is 88.3 Å². The van der Waals surface area contributed by atoms with Gasteiger partial charge in [0, 0.05) is 37.6 Å². The summed E-state index contributed by atoms with van der Waals surface area (Å²) in [5, 5.41) is 7.38. The van der Waals surface area contributed by atoms with E-state index in [1.165, 1.54) is 10.6 Å². The highest BCUT2D eigenvalue weighted by atomic mass is 16.2. The average molecular weight is 340 g/mol. The lowest BCUT2D eigenvalue weighted by Crippen LogP contribution is -2.31. The molecule has 1 amide bonds. The number of carbonyl (C=O) groups is 1. The van der Waals surface area contributed by atoms with E-state index in [1.807, 2.05) is 24.9 Å². The molecule has 0 aliphatic carbocycles. The van der Waals surface area contributed by atoms with Gasteiger partial charge in [0.25, 0.3) is 11.5 Å². The van der Waals surface area contributed by atoms with Gasteiger partial charge in [-0.15, -0.1) is 0 Å². The molecule has 3 aromatic heterocycles. The molecule has 1 aliphatic rings. The second kappa shape index (κ2) is 5.58. The van der Waals surface area contributed by atoms with Gasteiger partial charge < -0.3 is 4.90 Å². The molecule has 1 aliphatic heterocycles. The van der Waals surface area contributed by atoms with E-state index in [4.69, 9.17) is 0 Å². The summed E-state index contributed by atoms with van der Waals surface area (Å²) in [4.78, 5) is 31.3. The third kappa shape index (κ3) is 2.54.